The van der Waals surface area contributed by atoms with Gasteiger partial charge in [-0.15, -0.1) is 0 Å². The molecule has 7 heteroatoms. The molecule has 1 fully saturated rings. The second-order valence-electron chi connectivity index (χ2n) is 7.72. The molecule has 1 heterocycles. The van der Waals surface area contributed by atoms with Crippen LogP contribution in [0.25, 0.3) is 5.76 Å². The Morgan fingerprint density at radius 3 is 2.52 bits per heavy atom. The number of aliphatic hydroxyl groups is 1. The van der Waals surface area contributed by atoms with Crippen LogP contribution in [0.2, 0.25) is 0 Å². The Hall–Kier alpha value is -3.19. The SMILES string of the molecule is CCCOc1cccc([C@H]2/C(=C(/O)c3ccc(F)cc3)C(=O)C(=O)N2CCN(C)C)c1. The zero-order valence-electron chi connectivity index (χ0n) is 18.0. The van der Waals surface area contributed by atoms with Crippen molar-refractivity contribution in [3.63, 3.8) is 0 Å². The lowest BCUT2D eigenvalue weighted by molar-refractivity contribution is -0.140. The summed E-state index contributed by atoms with van der Waals surface area (Å²) >= 11 is 0. The molecule has 0 aliphatic carbocycles. The van der Waals surface area contributed by atoms with Crippen LogP contribution in [0, 0.1) is 5.82 Å². The second-order valence-corrected chi connectivity index (χ2v) is 7.72. The Morgan fingerprint density at radius 1 is 1.16 bits per heavy atom. The molecule has 0 saturated carbocycles. The van der Waals surface area contributed by atoms with Crippen molar-refractivity contribution in [1.29, 1.82) is 0 Å². The number of benzene rings is 2. The number of hydrogen-bond acceptors (Lipinski definition) is 5. The van der Waals surface area contributed by atoms with Crippen molar-refractivity contribution >= 4 is 17.4 Å². The van der Waals surface area contributed by atoms with Gasteiger partial charge in [0, 0.05) is 18.7 Å². The largest absolute Gasteiger partial charge is 0.507 e. The van der Waals surface area contributed by atoms with E-state index in [1.54, 1.807) is 18.2 Å². The monoisotopic (exact) mass is 426 g/mol. The van der Waals surface area contributed by atoms with Gasteiger partial charge in [-0.3, -0.25) is 9.59 Å². The molecule has 0 aromatic heterocycles. The van der Waals surface area contributed by atoms with E-state index in [1.807, 2.05) is 32.0 Å². The number of rotatable bonds is 8. The lowest BCUT2D eigenvalue weighted by Crippen LogP contribution is -2.35. The fourth-order valence-electron chi connectivity index (χ4n) is 3.52. The van der Waals surface area contributed by atoms with Crippen LogP contribution in [0.1, 0.15) is 30.5 Å². The van der Waals surface area contributed by atoms with Crippen LogP contribution in [0.4, 0.5) is 4.39 Å². The number of Topliss-reactive ketones (excluding diaryl/α,β-unsaturated/α-hetero) is 1. The molecule has 0 bridgehead atoms. The molecule has 6 nitrogen and oxygen atoms in total. The number of aliphatic hydroxyl groups excluding tert-OH is 1. The van der Waals surface area contributed by atoms with Gasteiger partial charge in [-0.25, -0.2) is 4.39 Å². The Labute approximate surface area is 181 Å². The molecule has 2 aromatic carbocycles. The summed E-state index contributed by atoms with van der Waals surface area (Å²) in [6.45, 7) is 3.40. The van der Waals surface area contributed by atoms with Gasteiger partial charge in [-0.05, 0) is 62.5 Å². The van der Waals surface area contributed by atoms with Crippen molar-refractivity contribution in [2.75, 3.05) is 33.8 Å². The number of nitrogens with zero attached hydrogens (tertiary/aromatic N) is 2. The van der Waals surface area contributed by atoms with Crippen LogP contribution in [0.5, 0.6) is 5.75 Å². The maximum Gasteiger partial charge on any atom is 0.295 e. The molecule has 1 saturated heterocycles. The van der Waals surface area contributed by atoms with Crippen molar-refractivity contribution in [2.45, 2.75) is 19.4 Å². The number of carbonyl (C=O) groups is 2. The molecule has 0 radical (unpaired) electrons. The fourth-order valence-corrected chi connectivity index (χ4v) is 3.52. The zero-order valence-corrected chi connectivity index (χ0v) is 18.0. The maximum absolute atomic E-state index is 13.3. The number of likely N-dealkylation sites (N-methyl/N-ethyl adjacent to an activating group) is 1. The van der Waals surface area contributed by atoms with E-state index in [2.05, 4.69) is 0 Å². The first-order valence-corrected chi connectivity index (χ1v) is 10.2. The third-order valence-corrected chi connectivity index (χ3v) is 5.09. The van der Waals surface area contributed by atoms with Gasteiger partial charge < -0.3 is 19.6 Å². The first-order chi connectivity index (χ1) is 14.8. The van der Waals surface area contributed by atoms with Gasteiger partial charge >= 0.3 is 0 Å². The number of halogens is 1. The predicted molar refractivity (Wildman–Crippen MR) is 116 cm³/mol. The molecule has 1 amide bonds. The van der Waals surface area contributed by atoms with E-state index in [0.29, 0.717) is 31.0 Å². The number of carbonyl (C=O) groups excluding carboxylic acids is 2. The van der Waals surface area contributed by atoms with Crippen LogP contribution >= 0.6 is 0 Å². The highest BCUT2D eigenvalue weighted by Crippen LogP contribution is 2.40. The van der Waals surface area contributed by atoms with Crippen LogP contribution in [-0.2, 0) is 9.59 Å². The minimum Gasteiger partial charge on any atom is -0.507 e. The van der Waals surface area contributed by atoms with Crippen LogP contribution in [-0.4, -0.2) is 60.4 Å². The van der Waals surface area contributed by atoms with Crippen molar-refractivity contribution in [3.8, 4) is 5.75 Å². The van der Waals surface area contributed by atoms with E-state index in [-0.39, 0.29) is 16.9 Å². The summed E-state index contributed by atoms with van der Waals surface area (Å²) in [5, 5.41) is 11.0. The van der Waals surface area contributed by atoms with Crippen LogP contribution < -0.4 is 4.74 Å². The molecule has 1 aliphatic rings. The molecule has 31 heavy (non-hydrogen) atoms. The van der Waals surface area contributed by atoms with Crippen molar-refractivity contribution in [2.24, 2.45) is 0 Å². The molecule has 1 N–H and O–H groups in total. The quantitative estimate of drug-likeness (QED) is 0.397. The summed E-state index contributed by atoms with van der Waals surface area (Å²) in [6, 6.07) is 11.6. The summed E-state index contributed by atoms with van der Waals surface area (Å²) in [7, 11) is 3.76. The highest BCUT2D eigenvalue weighted by molar-refractivity contribution is 6.46. The molecular formula is C24H27FN2O4. The molecular weight excluding hydrogens is 399 g/mol. The van der Waals surface area contributed by atoms with E-state index in [0.717, 1.165) is 6.42 Å². The summed E-state index contributed by atoms with van der Waals surface area (Å²) < 4.78 is 19.1. The lowest BCUT2D eigenvalue weighted by atomic mass is 9.95. The number of likely N-dealkylation sites (tertiary alicyclic amines) is 1. The number of hydrogen-bond donors (Lipinski definition) is 1. The van der Waals surface area contributed by atoms with E-state index < -0.39 is 23.5 Å². The van der Waals surface area contributed by atoms with Crippen molar-refractivity contribution < 1.29 is 23.8 Å². The predicted octanol–water partition coefficient (Wildman–Crippen LogP) is 3.60. The Morgan fingerprint density at radius 2 is 1.87 bits per heavy atom. The Kier molecular flexibility index (Phi) is 7.07. The first kappa shape index (κ1) is 22.5. The van der Waals surface area contributed by atoms with Gasteiger partial charge in [-0.1, -0.05) is 19.1 Å². The van der Waals surface area contributed by atoms with Gasteiger partial charge in [-0.2, -0.15) is 0 Å². The van der Waals surface area contributed by atoms with Crippen molar-refractivity contribution in [1.82, 2.24) is 9.80 Å². The molecule has 0 spiro atoms. The molecule has 2 aromatic rings. The van der Waals surface area contributed by atoms with Crippen LogP contribution in [0.15, 0.2) is 54.1 Å². The average molecular weight is 426 g/mol. The number of ketones is 1. The summed E-state index contributed by atoms with van der Waals surface area (Å²) in [4.78, 5) is 29.2. The van der Waals surface area contributed by atoms with Gasteiger partial charge in [0.25, 0.3) is 11.7 Å². The van der Waals surface area contributed by atoms with Gasteiger partial charge in [0.15, 0.2) is 0 Å². The fraction of sp³-hybridized carbons (Fsp3) is 0.333. The smallest absolute Gasteiger partial charge is 0.295 e. The minimum atomic E-state index is -0.768. The van der Waals surface area contributed by atoms with Crippen molar-refractivity contribution in [3.05, 3.63) is 71.0 Å². The normalized spacial score (nSPS) is 18.1. The summed E-state index contributed by atoms with van der Waals surface area (Å²) in [5.74, 6) is -1.59. The highest BCUT2D eigenvalue weighted by atomic mass is 19.1. The van der Waals surface area contributed by atoms with E-state index >= 15 is 0 Å². The van der Waals surface area contributed by atoms with Gasteiger partial charge in [0.05, 0.1) is 18.2 Å². The van der Waals surface area contributed by atoms with Crippen LogP contribution in [0.3, 0.4) is 0 Å². The average Bonchev–Trinajstić information content (AvgIpc) is 3.01. The van der Waals surface area contributed by atoms with E-state index in [4.69, 9.17) is 4.74 Å². The number of amides is 1. The standard InChI is InChI=1S/C24H27FN2O4/c1-4-14-31-19-7-5-6-17(15-19)21-20(22(28)16-8-10-18(25)11-9-16)23(29)24(30)27(21)13-12-26(2)3/h5-11,15,21,28H,4,12-14H2,1-3H3/b22-20-/t21-/m0/s1. The molecule has 0 unspecified atom stereocenters. The highest BCUT2D eigenvalue weighted by Gasteiger charge is 2.46. The topological polar surface area (TPSA) is 70.1 Å². The molecule has 3 rings (SSSR count). The zero-order chi connectivity index (χ0) is 22.5. The Balaban J connectivity index is 2.11. The van der Waals surface area contributed by atoms with Gasteiger partial charge in [0.1, 0.15) is 17.3 Å². The third kappa shape index (κ3) is 4.94. The minimum absolute atomic E-state index is 0.0111. The lowest BCUT2D eigenvalue weighted by Gasteiger charge is -2.27. The maximum atomic E-state index is 13.3. The third-order valence-electron chi connectivity index (χ3n) is 5.09. The van der Waals surface area contributed by atoms with Gasteiger partial charge in [0.2, 0.25) is 0 Å². The summed E-state index contributed by atoms with van der Waals surface area (Å²) in [5.41, 5.74) is 0.925. The Bertz CT molecular complexity index is 985. The second kappa shape index (κ2) is 9.75. The molecule has 1 aliphatic heterocycles. The van der Waals surface area contributed by atoms with E-state index in [1.165, 1.54) is 29.2 Å². The summed E-state index contributed by atoms with van der Waals surface area (Å²) in [6.07, 6.45) is 0.843. The molecule has 164 valence electrons. The number of ether oxygens (including phenoxy) is 1. The molecule has 1 atom stereocenters. The van der Waals surface area contributed by atoms with E-state index in [9.17, 15) is 19.1 Å². The first-order valence-electron chi connectivity index (χ1n) is 10.2.